The molecule has 1 aliphatic heterocycles. The average Bonchev–Trinajstić information content (AvgIpc) is 3.31. The molecule has 0 bridgehead atoms. The van der Waals surface area contributed by atoms with Crippen LogP contribution < -0.4 is 0 Å². The van der Waals surface area contributed by atoms with Crippen molar-refractivity contribution in [1.29, 1.82) is 0 Å². The van der Waals surface area contributed by atoms with E-state index in [1.807, 2.05) is 24.4 Å². The summed E-state index contributed by atoms with van der Waals surface area (Å²) in [6.07, 6.45) is 6.72. The van der Waals surface area contributed by atoms with E-state index in [1.165, 1.54) is 25.7 Å². The zero-order valence-corrected chi connectivity index (χ0v) is 16.9. The number of hydrogen-bond donors (Lipinski definition) is 0. The lowest BCUT2D eigenvalue weighted by atomic mass is 10.1. The van der Waals surface area contributed by atoms with Crippen LogP contribution in [0.2, 0.25) is 0 Å². The molecule has 2 aromatic heterocycles. The van der Waals surface area contributed by atoms with Gasteiger partial charge in [0, 0.05) is 56.1 Å². The maximum Gasteiger partial charge on any atom is 0.222 e. The van der Waals surface area contributed by atoms with E-state index in [0.717, 1.165) is 66.9 Å². The summed E-state index contributed by atoms with van der Waals surface area (Å²) in [5, 5.41) is 4.53. The van der Waals surface area contributed by atoms with Gasteiger partial charge in [0.2, 0.25) is 5.91 Å². The van der Waals surface area contributed by atoms with Crippen molar-refractivity contribution in [2.24, 2.45) is 0 Å². The van der Waals surface area contributed by atoms with Crippen molar-refractivity contribution in [2.45, 2.75) is 65.3 Å². The smallest absolute Gasteiger partial charge is 0.222 e. The number of rotatable bonds is 4. The molecule has 6 nitrogen and oxygen atoms in total. The molecule has 0 spiro atoms. The lowest BCUT2D eigenvalue weighted by molar-refractivity contribution is -0.133. The topological polar surface area (TPSA) is 53.7 Å². The van der Waals surface area contributed by atoms with Crippen LogP contribution in [0.25, 0.3) is 5.65 Å². The molecule has 0 atom stereocenters. The van der Waals surface area contributed by atoms with Gasteiger partial charge in [-0.15, -0.1) is 0 Å². The highest BCUT2D eigenvalue weighted by Crippen LogP contribution is 2.24. The maximum atomic E-state index is 12.8. The molecule has 146 valence electrons. The minimum absolute atomic E-state index is 0.275. The lowest BCUT2D eigenvalue weighted by Gasteiger charge is -2.38. The molecule has 2 fully saturated rings. The Hall–Kier alpha value is -1.95. The summed E-state index contributed by atoms with van der Waals surface area (Å²) in [5.74, 6) is 0.275. The fourth-order valence-electron chi connectivity index (χ4n) is 4.80. The third-order valence-electron chi connectivity index (χ3n) is 6.38. The Morgan fingerprint density at radius 3 is 2.52 bits per heavy atom. The van der Waals surface area contributed by atoms with Gasteiger partial charge in [-0.3, -0.25) is 9.69 Å². The van der Waals surface area contributed by atoms with Gasteiger partial charge in [-0.05, 0) is 45.6 Å². The molecule has 6 heteroatoms. The summed E-state index contributed by atoms with van der Waals surface area (Å²) >= 11 is 0. The van der Waals surface area contributed by atoms with Gasteiger partial charge in [0.05, 0.1) is 5.69 Å². The standard InChI is InChI=1S/C21H31N5O/c1-15-14-20-22-16(2)19(17(3)26(20)23-15)8-9-21(27)25-12-10-24(11-13-25)18-6-4-5-7-18/h14,18H,4-13H2,1-3H3. The van der Waals surface area contributed by atoms with E-state index in [0.29, 0.717) is 6.42 Å². The van der Waals surface area contributed by atoms with Gasteiger partial charge in [0.1, 0.15) is 0 Å². The SMILES string of the molecule is Cc1cc2nc(C)c(CCC(=O)N3CCN(C4CCCC4)CC3)c(C)n2n1. The summed E-state index contributed by atoms with van der Waals surface area (Å²) in [6, 6.07) is 2.77. The van der Waals surface area contributed by atoms with E-state index in [2.05, 4.69) is 26.8 Å². The molecule has 1 aliphatic carbocycles. The second kappa shape index (κ2) is 7.58. The summed E-state index contributed by atoms with van der Waals surface area (Å²) in [7, 11) is 0. The van der Waals surface area contributed by atoms with Crippen molar-refractivity contribution < 1.29 is 4.79 Å². The minimum atomic E-state index is 0.275. The van der Waals surface area contributed by atoms with Gasteiger partial charge in [-0.2, -0.15) is 5.10 Å². The zero-order valence-electron chi connectivity index (χ0n) is 16.9. The van der Waals surface area contributed by atoms with Crippen molar-refractivity contribution in [1.82, 2.24) is 24.4 Å². The molecule has 0 unspecified atom stereocenters. The van der Waals surface area contributed by atoms with Crippen molar-refractivity contribution in [2.75, 3.05) is 26.2 Å². The fourth-order valence-corrected chi connectivity index (χ4v) is 4.80. The number of aryl methyl sites for hydroxylation is 3. The molecule has 1 amide bonds. The summed E-state index contributed by atoms with van der Waals surface area (Å²) in [5.41, 5.74) is 5.13. The van der Waals surface area contributed by atoms with E-state index in [-0.39, 0.29) is 5.91 Å². The van der Waals surface area contributed by atoms with Crippen LogP contribution >= 0.6 is 0 Å². The van der Waals surface area contributed by atoms with Crippen LogP contribution in [0.4, 0.5) is 0 Å². The summed E-state index contributed by atoms with van der Waals surface area (Å²) in [4.78, 5) is 22.1. The quantitative estimate of drug-likeness (QED) is 0.831. The Labute approximate surface area is 161 Å². The Bertz CT molecular complexity index is 829. The van der Waals surface area contributed by atoms with Gasteiger partial charge in [-0.1, -0.05) is 12.8 Å². The normalized spacial score (nSPS) is 19.3. The molecule has 3 heterocycles. The molecule has 1 saturated carbocycles. The number of carbonyl (C=O) groups is 1. The van der Waals surface area contributed by atoms with Crippen LogP contribution in [-0.2, 0) is 11.2 Å². The van der Waals surface area contributed by atoms with Crippen LogP contribution in [0, 0.1) is 20.8 Å². The molecule has 2 aromatic rings. The molecule has 2 aliphatic rings. The number of fused-ring (bicyclic) bond motifs is 1. The van der Waals surface area contributed by atoms with Crippen LogP contribution in [0.15, 0.2) is 6.07 Å². The zero-order chi connectivity index (χ0) is 19.0. The molecule has 0 aromatic carbocycles. The summed E-state index contributed by atoms with van der Waals surface area (Å²) in [6.45, 7) is 9.93. The van der Waals surface area contributed by atoms with Crippen LogP contribution in [0.5, 0.6) is 0 Å². The first kappa shape index (κ1) is 18.4. The van der Waals surface area contributed by atoms with Gasteiger partial charge in [0.25, 0.3) is 0 Å². The van der Waals surface area contributed by atoms with Crippen LogP contribution in [0.1, 0.15) is 54.7 Å². The monoisotopic (exact) mass is 369 g/mol. The predicted molar refractivity (Wildman–Crippen MR) is 106 cm³/mol. The molecule has 0 radical (unpaired) electrons. The van der Waals surface area contributed by atoms with Crippen LogP contribution in [0.3, 0.4) is 0 Å². The first-order chi connectivity index (χ1) is 13.0. The van der Waals surface area contributed by atoms with Gasteiger partial charge in [0.15, 0.2) is 5.65 Å². The number of piperazine rings is 1. The maximum absolute atomic E-state index is 12.8. The Balaban J connectivity index is 1.36. The number of amides is 1. The average molecular weight is 370 g/mol. The van der Waals surface area contributed by atoms with Crippen molar-refractivity contribution in [3.8, 4) is 0 Å². The Morgan fingerprint density at radius 1 is 1.11 bits per heavy atom. The third kappa shape index (κ3) is 3.72. The number of carbonyl (C=O) groups excluding carboxylic acids is 1. The van der Waals surface area contributed by atoms with E-state index in [9.17, 15) is 4.79 Å². The number of hydrogen-bond acceptors (Lipinski definition) is 4. The largest absolute Gasteiger partial charge is 0.340 e. The van der Waals surface area contributed by atoms with Gasteiger partial charge >= 0.3 is 0 Å². The van der Waals surface area contributed by atoms with Gasteiger partial charge in [-0.25, -0.2) is 9.50 Å². The lowest BCUT2D eigenvalue weighted by Crippen LogP contribution is -2.51. The van der Waals surface area contributed by atoms with Gasteiger partial charge < -0.3 is 4.90 Å². The molecule has 27 heavy (non-hydrogen) atoms. The van der Waals surface area contributed by atoms with Crippen molar-refractivity contribution in [3.05, 3.63) is 28.7 Å². The molecule has 1 saturated heterocycles. The fraction of sp³-hybridized carbons (Fsp3) is 0.667. The Kier molecular flexibility index (Phi) is 5.17. The second-order valence-corrected chi connectivity index (χ2v) is 8.17. The minimum Gasteiger partial charge on any atom is -0.340 e. The highest BCUT2D eigenvalue weighted by molar-refractivity contribution is 5.76. The van der Waals surface area contributed by atoms with Crippen molar-refractivity contribution in [3.63, 3.8) is 0 Å². The molecule has 4 rings (SSSR count). The second-order valence-electron chi connectivity index (χ2n) is 8.17. The van der Waals surface area contributed by atoms with Crippen LogP contribution in [-0.4, -0.2) is 62.5 Å². The predicted octanol–water partition coefficient (Wildman–Crippen LogP) is 2.67. The Morgan fingerprint density at radius 2 is 1.81 bits per heavy atom. The van der Waals surface area contributed by atoms with E-state index < -0.39 is 0 Å². The first-order valence-electron chi connectivity index (χ1n) is 10.4. The van der Waals surface area contributed by atoms with E-state index >= 15 is 0 Å². The highest BCUT2D eigenvalue weighted by atomic mass is 16.2. The van der Waals surface area contributed by atoms with E-state index in [1.54, 1.807) is 0 Å². The highest BCUT2D eigenvalue weighted by Gasteiger charge is 2.27. The first-order valence-corrected chi connectivity index (χ1v) is 10.4. The number of nitrogens with zero attached hydrogens (tertiary/aromatic N) is 5. The molecular weight excluding hydrogens is 338 g/mol. The van der Waals surface area contributed by atoms with Crippen molar-refractivity contribution >= 4 is 11.6 Å². The molecule has 0 N–H and O–H groups in total. The van der Waals surface area contributed by atoms with E-state index in [4.69, 9.17) is 0 Å². The third-order valence-corrected chi connectivity index (χ3v) is 6.38. The number of aromatic nitrogens is 3. The summed E-state index contributed by atoms with van der Waals surface area (Å²) < 4.78 is 1.91. The molecular formula is C21H31N5O.